The lowest BCUT2D eigenvalue weighted by molar-refractivity contribution is 0.607. The number of rotatable bonds is 5. The Bertz CT molecular complexity index is 1240. The van der Waals surface area contributed by atoms with Gasteiger partial charge < -0.3 is 0 Å². The molecule has 0 atom stereocenters. The highest BCUT2D eigenvalue weighted by Crippen LogP contribution is 2.35. The van der Waals surface area contributed by atoms with Crippen molar-refractivity contribution in [3.63, 3.8) is 0 Å². The number of nitrogens with one attached hydrogen (secondary N) is 1. The molecule has 0 spiro atoms. The minimum atomic E-state index is -3.41. The van der Waals surface area contributed by atoms with E-state index in [1.807, 2.05) is 30.0 Å². The van der Waals surface area contributed by atoms with Crippen molar-refractivity contribution in [3.05, 3.63) is 67.0 Å². The second-order valence-corrected chi connectivity index (χ2v) is 7.97. The minimum Gasteiger partial charge on any atom is -0.292 e. The van der Waals surface area contributed by atoms with Crippen molar-refractivity contribution < 1.29 is 8.42 Å². The molecular formula is C18H17N7O2S. The molecule has 0 aliphatic rings. The maximum absolute atomic E-state index is 11.7. The minimum absolute atomic E-state index is 0.493. The Kier molecular flexibility index (Phi) is 4.40. The third kappa shape index (κ3) is 3.62. The summed E-state index contributed by atoms with van der Waals surface area (Å²) in [5.74, 6) is 0.622. The monoisotopic (exact) mass is 395 g/mol. The standard InChI is InChI=1S/C18H17N7O2S/c1-13-3-4-14(9-16(13)23-28(2,26)27)25(15-10-19-12-20-11-15)18-6-8-24-17(22-18)5-7-21-24/h3-12,23H,1-2H3. The van der Waals surface area contributed by atoms with Gasteiger partial charge in [0.2, 0.25) is 10.0 Å². The zero-order valence-corrected chi connectivity index (χ0v) is 16.0. The van der Waals surface area contributed by atoms with Gasteiger partial charge in [0.1, 0.15) is 12.1 Å². The van der Waals surface area contributed by atoms with Crippen LogP contribution in [0, 0.1) is 6.92 Å². The normalized spacial score (nSPS) is 11.5. The molecule has 0 amide bonds. The maximum atomic E-state index is 11.7. The van der Waals surface area contributed by atoms with Crippen LogP contribution in [0.1, 0.15) is 5.56 Å². The first-order valence-electron chi connectivity index (χ1n) is 8.35. The summed E-state index contributed by atoms with van der Waals surface area (Å²) in [5, 5.41) is 4.16. The highest BCUT2D eigenvalue weighted by molar-refractivity contribution is 7.92. The van der Waals surface area contributed by atoms with E-state index in [2.05, 4.69) is 24.8 Å². The molecule has 9 nitrogen and oxygen atoms in total. The van der Waals surface area contributed by atoms with Gasteiger partial charge in [0, 0.05) is 18.0 Å². The van der Waals surface area contributed by atoms with Gasteiger partial charge in [0.15, 0.2) is 5.65 Å². The van der Waals surface area contributed by atoms with Crippen LogP contribution in [-0.2, 0) is 10.0 Å². The molecule has 0 saturated carbocycles. The van der Waals surface area contributed by atoms with Crippen molar-refractivity contribution in [3.8, 4) is 0 Å². The molecule has 0 aliphatic carbocycles. The first kappa shape index (κ1) is 17.9. The molecule has 4 aromatic rings. The Balaban J connectivity index is 1.88. The van der Waals surface area contributed by atoms with Crippen molar-refractivity contribution in [1.82, 2.24) is 24.6 Å². The Hall–Kier alpha value is -3.53. The fraction of sp³-hybridized carbons (Fsp3) is 0.111. The van der Waals surface area contributed by atoms with Crippen LogP contribution in [0.25, 0.3) is 5.65 Å². The zero-order valence-electron chi connectivity index (χ0n) is 15.2. The molecule has 142 valence electrons. The lowest BCUT2D eigenvalue weighted by Crippen LogP contribution is -2.15. The molecule has 0 radical (unpaired) electrons. The third-order valence-corrected chi connectivity index (χ3v) is 4.64. The molecule has 0 unspecified atom stereocenters. The van der Waals surface area contributed by atoms with Crippen LogP contribution >= 0.6 is 0 Å². The summed E-state index contributed by atoms with van der Waals surface area (Å²) < 4.78 is 27.7. The topological polar surface area (TPSA) is 105 Å². The summed E-state index contributed by atoms with van der Waals surface area (Å²) in [6, 6.07) is 9.10. The van der Waals surface area contributed by atoms with E-state index >= 15 is 0 Å². The number of aryl methyl sites for hydroxylation is 1. The molecular weight excluding hydrogens is 378 g/mol. The molecule has 3 aromatic heterocycles. The van der Waals surface area contributed by atoms with Crippen molar-refractivity contribution in [1.29, 1.82) is 0 Å². The molecule has 1 aromatic carbocycles. The van der Waals surface area contributed by atoms with Gasteiger partial charge in [-0.3, -0.25) is 9.62 Å². The summed E-state index contributed by atoms with van der Waals surface area (Å²) in [5.41, 5.74) is 3.38. The number of anilines is 4. The molecule has 10 heteroatoms. The summed E-state index contributed by atoms with van der Waals surface area (Å²) in [6.45, 7) is 1.84. The SMILES string of the molecule is Cc1ccc(N(c2cncnc2)c2ccn3nccc3n2)cc1NS(C)(=O)=O. The summed E-state index contributed by atoms with van der Waals surface area (Å²) in [6.07, 6.45) is 9.37. The fourth-order valence-corrected chi connectivity index (χ4v) is 3.43. The van der Waals surface area contributed by atoms with Crippen molar-refractivity contribution in [2.45, 2.75) is 6.92 Å². The average Bonchev–Trinajstić information content (AvgIpc) is 3.12. The molecule has 1 N–H and O–H groups in total. The van der Waals surface area contributed by atoms with E-state index < -0.39 is 10.0 Å². The van der Waals surface area contributed by atoms with E-state index in [0.717, 1.165) is 11.8 Å². The van der Waals surface area contributed by atoms with E-state index in [4.69, 9.17) is 0 Å². The summed E-state index contributed by atoms with van der Waals surface area (Å²) >= 11 is 0. The van der Waals surface area contributed by atoms with Crippen LogP contribution in [0.15, 0.2) is 61.4 Å². The molecule has 0 saturated heterocycles. The highest BCUT2D eigenvalue weighted by Gasteiger charge is 2.17. The average molecular weight is 395 g/mol. The van der Waals surface area contributed by atoms with Crippen LogP contribution < -0.4 is 9.62 Å². The number of sulfonamides is 1. The smallest absolute Gasteiger partial charge is 0.229 e. The van der Waals surface area contributed by atoms with Gasteiger partial charge in [0.05, 0.1) is 36.2 Å². The molecule has 0 fully saturated rings. The van der Waals surface area contributed by atoms with E-state index in [0.29, 0.717) is 28.5 Å². The molecule has 0 bridgehead atoms. The van der Waals surface area contributed by atoms with Gasteiger partial charge in [-0.2, -0.15) is 5.10 Å². The number of hydrogen-bond acceptors (Lipinski definition) is 7. The zero-order chi connectivity index (χ0) is 19.7. The fourth-order valence-electron chi connectivity index (χ4n) is 2.81. The number of fused-ring (bicyclic) bond motifs is 1. The first-order chi connectivity index (χ1) is 13.4. The Morgan fingerprint density at radius 1 is 1.07 bits per heavy atom. The van der Waals surface area contributed by atoms with Crippen LogP contribution in [0.4, 0.5) is 22.9 Å². The van der Waals surface area contributed by atoms with E-state index in [9.17, 15) is 8.42 Å². The molecule has 4 rings (SSSR count). The quantitative estimate of drug-likeness (QED) is 0.554. The largest absolute Gasteiger partial charge is 0.292 e. The van der Waals surface area contributed by atoms with Gasteiger partial charge in [-0.25, -0.2) is 27.9 Å². The van der Waals surface area contributed by atoms with Crippen LogP contribution in [0.2, 0.25) is 0 Å². The lowest BCUT2D eigenvalue weighted by atomic mass is 10.1. The van der Waals surface area contributed by atoms with E-state index in [-0.39, 0.29) is 0 Å². The van der Waals surface area contributed by atoms with Crippen LogP contribution in [-0.4, -0.2) is 39.2 Å². The summed E-state index contributed by atoms with van der Waals surface area (Å²) in [4.78, 5) is 14.7. The summed E-state index contributed by atoms with van der Waals surface area (Å²) in [7, 11) is -3.41. The first-order valence-corrected chi connectivity index (χ1v) is 10.2. The van der Waals surface area contributed by atoms with E-state index in [1.165, 1.54) is 6.33 Å². The van der Waals surface area contributed by atoms with Crippen molar-refractivity contribution >= 4 is 38.6 Å². The maximum Gasteiger partial charge on any atom is 0.229 e. The highest BCUT2D eigenvalue weighted by atomic mass is 32.2. The van der Waals surface area contributed by atoms with Gasteiger partial charge in [-0.05, 0) is 30.7 Å². The van der Waals surface area contributed by atoms with Crippen LogP contribution in [0.3, 0.4) is 0 Å². The molecule has 0 aliphatic heterocycles. The van der Waals surface area contributed by atoms with Gasteiger partial charge in [-0.1, -0.05) is 6.07 Å². The second-order valence-electron chi connectivity index (χ2n) is 6.23. The van der Waals surface area contributed by atoms with Gasteiger partial charge in [0.25, 0.3) is 0 Å². The predicted molar refractivity (Wildman–Crippen MR) is 106 cm³/mol. The Morgan fingerprint density at radius 3 is 2.61 bits per heavy atom. The van der Waals surface area contributed by atoms with Crippen molar-refractivity contribution in [2.24, 2.45) is 0 Å². The number of benzene rings is 1. The molecule has 3 heterocycles. The Labute approximate surface area is 161 Å². The number of aromatic nitrogens is 5. The predicted octanol–water partition coefficient (Wildman–Crippen LogP) is 2.67. The van der Waals surface area contributed by atoms with E-state index in [1.54, 1.807) is 41.4 Å². The lowest BCUT2D eigenvalue weighted by Gasteiger charge is -2.24. The van der Waals surface area contributed by atoms with Crippen molar-refractivity contribution in [2.75, 3.05) is 15.9 Å². The second kappa shape index (κ2) is 6.89. The molecule has 28 heavy (non-hydrogen) atoms. The third-order valence-electron chi connectivity index (χ3n) is 4.05. The Morgan fingerprint density at radius 2 is 1.86 bits per heavy atom. The van der Waals surface area contributed by atoms with Gasteiger partial charge >= 0.3 is 0 Å². The van der Waals surface area contributed by atoms with Crippen LogP contribution in [0.5, 0.6) is 0 Å². The number of nitrogens with zero attached hydrogens (tertiary/aromatic N) is 6. The number of hydrogen-bond donors (Lipinski definition) is 1. The van der Waals surface area contributed by atoms with Gasteiger partial charge in [-0.15, -0.1) is 0 Å².